The van der Waals surface area contributed by atoms with Crippen LogP contribution >= 0.6 is 0 Å². The van der Waals surface area contributed by atoms with E-state index in [-0.39, 0.29) is 17.1 Å². The van der Waals surface area contributed by atoms with Crippen LogP contribution in [0.1, 0.15) is 56.1 Å². The van der Waals surface area contributed by atoms with E-state index in [2.05, 4.69) is 4.72 Å². The number of benzene rings is 2. The molecule has 180 valence electrons. The first-order valence-corrected chi connectivity index (χ1v) is 14.1. The molecule has 34 heavy (non-hydrogen) atoms. The Bertz CT molecular complexity index is 1190. The van der Waals surface area contributed by atoms with Gasteiger partial charge in [-0.3, -0.25) is 9.52 Å². The van der Waals surface area contributed by atoms with Crippen LogP contribution in [-0.4, -0.2) is 20.9 Å². The molecule has 5 nitrogen and oxygen atoms in total. The summed E-state index contributed by atoms with van der Waals surface area (Å²) in [5, 5.41) is 0. The number of hydrogen-bond acceptors (Lipinski definition) is 3. The number of rotatable bonds is 6. The second kappa shape index (κ2) is 8.08. The second-order valence-corrected chi connectivity index (χ2v) is 13.0. The second-order valence-electron chi connectivity index (χ2n) is 11.2. The predicted octanol–water partition coefficient (Wildman–Crippen LogP) is 5.26. The molecule has 0 saturated heterocycles. The summed E-state index contributed by atoms with van der Waals surface area (Å²) in [6, 6.07) is 11.0. The van der Waals surface area contributed by atoms with Crippen molar-refractivity contribution in [1.29, 1.82) is 0 Å². The van der Waals surface area contributed by atoms with Gasteiger partial charge in [-0.2, -0.15) is 0 Å². The Labute approximate surface area is 200 Å². The molecule has 1 aliphatic heterocycles. The number of sulfonamides is 1. The van der Waals surface area contributed by atoms with Crippen LogP contribution in [0.2, 0.25) is 0 Å². The van der Waals surface area contributed by atoms with Gasteiger partial charge in [0.2, 0.25) is 15.9 Å². The highest BCUT2D eigenvalue weighted by Crippen LogP contribution is 2.60. The Morgan fingerprint density at radius 1 is 0.941 bits per heavy atom. The van der Waals surface area contributed by atoms with Crippen molar-refractivity contribution in [3.8, 4) is 0 Å². The van der Waals surface area contributed by atoms with Gasteiger partial charge in [-0.25, -0.2) is 12.8 Å². The molecular formula is C27H31FN2O3S. The van der Waals surface area contributed by atoms with Crippen LogP contribution in [-0.2, 0) is 27.0 Å². The van der Waals surface area contributed by atoms with Gasteiger partial charge in [0.05, 0.1) is 5.75 Å². The van der Waals surface area contributed by atoms with E-state index in [1.807, 2.05) is 17.0 Å². The number of carbonyl (C=O) groups is 1. The average Bonchev–Trinajstić information content (AvgIpc) is 2.76. The molecule has 0 unspecified atom stereocenters. The lowest BCUT2D eigenvalue weighted by Crippen LogP contribution is -2.53. The monoisotopic (exact) mass is 482 g/mol. The summed E-state index contributed by atoms with van der Waals surface area (Å²) in [5.41, 5.74) is 3.25. The molecule has 2 aromatic rings. The summed E-state index contributed by atoms with van der Waals surface area (Å²) in [6.45, 7) is 0.804. The molecule has 0 aromatic heterocycles. The van der Waals surface area contributed by atoms with E-state index in [0.717, 1.165) is 35.5 Å². The number of nitrogens with one attached hydrogen (secondary N) is 1. The average molecular weight is 483 g/mol. The van der Waals surface area contributed by atoms with E-state index in [9.17, 15) is 17.6 Å². The van der Waals surface area contributed by atoms with Crippen molar-refractivity contribution in [3.05, 3.63) is 59.4 Å². The molecule has 0 spiro atoms. The van der Waals surface area contributed by atoms with Gasteiger partial charge in [0.25, 0.3) is 0 Å². The molecule has 1 heterocycles. The number of fused-ring (bicyclic) bond motifs is 1. The maximum absolute atomic E-state index is 13.1. The number of hydrogen-bond donors (Lipinski definition) is 1. The largest absolute Gasteiger partial charge is 0.312 e. The zero-order valence-electron chi connectivity index (χ0n) is 19.3. The van der Waals surface area contributed by atoms with Crippen LogP contribution in [0.3, 0.4) is 0 Å². The third-order valence-electron chi connectivity index (χ3n) is 8.48. The molecule has 2 aromatic carbocycles. The smallest absolute Gasteiger partial charge is 0.236 e. The van der Waals surface area contributed by atoms with Gasteiger partial charge in [0.1, 0.15) is 5.82 Å². The first kappa shape index (κ1) is 22.1. The predicted molar refractivity (Wildman–Crippen MR) is 130 cm³/mol. The van der Waals surface area contributed by atoms with Gasteiger partial charge in [-0.05, 0) is 110 Å². The van der Waals surface area contributed by atoms with E-state index < -0.39 is 15.8 Å². The van der Waals surface area contributed by atoms with Gasteiger partial charge >= 0.3 is 0 Å². The molecule has 7 heteroatoms. The molecule has 4 fully saturated rings. The molecule has 1 amide bonds. The zero-order chi connectivity index (χ0) is 23.5. The summed E-state index contributed by atoms with van der Waals surface area (Å²) in [7, 11) is -3.64. The number of halogens is 1. The van der Waals surface area contributed by atoms with Crippen molar-refractivity contribution in [2.24, 2.45) is 23.2 Å². The summed E-state index contributed by atoms with van der Waals surface area (Å²) in [5.74, 6) is 2.08. The lowest BCUT2D eigenvalue weighted by atomic mass is 9.49. The molecule has 0 atom stereocenters. The van der Waals surface area contributed by atoms with Crippen LogP contribution in [0, 0.1) is 29.0 Å². The van der Waals surface area contributed by atoms with Crippen molar-refractivity contribution in [2.75, 3.05) is 16.2 Å². The summed E-state index contributed by atoms with van der Waals surface area (Å²) >= 11 is 0. The van der Waals surface area contributed by atoms with E-state index in [4.69, 9.17) is 0 Å². The van der Waals surface area contributed by atoms with Crippen molar-refractivity contribution in [2.45, 2.75) is 57.1 Å². The van der Waals surface area contributed by atoms with E-state index in [1.54, 1.807) is 6.07 Å². The number of carbonyl (C=O) groups excluding carboxylic acids is 1. The Morgan fingerprint density at radius 2 is 1.59 bits per heavy atom. The van der Waals surface area contributed by atoms with Gasteiger partial charge in [-0.1, -0.05) is 12.1 Å². The topological polar surface area (TPSA) is 66.5 Å². The van der Waals surface area contributed by atoms with Crippen molar-refractivity contribution >= 4 is 27.3 Å². The van der Waals surface area contributed by atoms with Crippen LogP contribution in [0.15, 0.2) is 42.5 Å². The third-order valence-corrected chi connectivity index (χ3v) is 9.74. The lowest BCUT2D eigenvalue weighted by Gasteiger charge is -2.58. The quantitative estimate of drug-likeness (QED) is 0.611. The minimum Gasteiger partial charge on any atom is -0.312 e. The minimum atomic E-state index is -3.64. The fraction of sp³-hybridized carbons (Fsp3) is 0.519. The fourth-order valence-corrected chi connectivity index (χ4v) is 8.82. The van der Waals surface area contributed by atoms with Gasteiger partial charge < -0.3 is 4.90 Å². The number of amides is 1. The summed E-state index contributed by atoms with van der Waals surface area (Å²) in [6.07, 6.45) is 8.98. The fourth-order valence-electron chi connectivity index (χ4n) is 7.63. The molecule has 4 aliphatic carbocycles. The van der Waals surface area contributed by atoms with Gasteiger partial charge in [0.15, 0.2) is 0 Å². The van der Waals surface area contributed by atoms with E-state index in [1.165, 1.54) is 62.8 Å². The van der Waals surface area contributed by atoms with Gasteiger partial charge in [-0.15, -0.1) is 0 Å². The van der Waals surface area contributed by atoms with Crippen LogP contribution in [0.5, 0.6) is 0 Å². The molecule has 4 saturated carbocycles. The maximum Gasteiger partial charge on any atom is 0.236 e. The van der Waals surface area contributed by atoms with E-state index >= 15 is 0 Å². The molecule has 1 N–H and O–H groups in total. The summed E-state index contributed by atoms with van der Waals surface area (Å²) in [4.78, 5) is 15.0. The Hall–Kier alpha value is -2.41. The highest BCUT2D eigenvalue weighted by Gasteiger charge is 2.52. The van der Waals surface area contributed by atoms with E-state index in [0.29, 0.717) is 24.1 Å². The van der Waals surface area contributed by atoms with Crippen LogP contribution in [0.4, 0.5) is 15.8 Å². The van der Waals surface area contributed by atoms with Crippen molar-refractivity contribution in [1.82, 2.24) is 0 Å². The van der Waals surface area contributed by atoms with Crippen molar-refractivity contribution < 1.29 is 17.6 Å². The van der Waals surface area contributed by atoms with Gasteiger partial charge in [0, 0.05) is 24.3 Å². The number of anilines is 2. The lowest BCUT2D eigenvalue weighted by molar-refractivity contribution is -0.120. The zero-order valence-corrected chi connectivity index (χ0v) is 20.1. The molecular weight excluding hydrogens is 451 g/mol. The Balaban J connectivity index is 1.21. The first-order valence-electron chi connectivity index (χ1n) is 12.4. The van der Waals surface area contributed by atoms with Crippen LogP contribution < -0.4 is 9.62 Å². The maximum atomic E-state index is 13.1. The molecule has 7 rings (SSSR count). The molecule has 0 radical (unpaired) electrons. The number of nitrogens with zero attached hydrogens (tertiary/aromatic N) is 1. The standard InChI is InChI=1S/C27H31FN2O3S/c28-23-4-1-18(2-5-23)16-34(32,33)29-24-6-7-25-22(12-24)3-8-26(31)30(25)17-27-13-19-9-20(14-27)11-21(10-19)15-27/h1-2,4-7,12,19-21,29H,3,8-11,13-17H2. The van der Waals surface area contributed by atoms with Crippen LogP contribution in [0.25, 0.3) is 0 Å². The normalized spacial score (nSPS) is 29.9. The highest BCUT2D eigenvalue weighted by molar-refractivity contribution is 7.91. The SMILES string of the molecule is O=C1CCc2cc(NS(=O)(=O)Cc3ccc(F)cc3)ccc2N1CC12CC3CC(CC(C3)C1)C2. The minimum absolute atomic E-state index is 0.188. The number of aryl methyl sites for hydroxylation is 1. The highest BCUT2D eigenvalue weighted by atomic mass is 32.2. The summed E-state index contributed by atoms with van der Waals surface area (Å²) < 4.78 is 41.2. The molecule has 5 aliphatic rings. The Kier molecular flexibility index (Phi) is 5.24. The third kappa shape index (κ3) is 4.23. The van der Waals surface area contributed by atoms with Crippen molar-refractivity contribution in [3.63, 3.8) is 0 Å². The Morgan fingerprint density at radius 3 is 2.24 bits per heavy atom. The first-order chi connectivity index (χ1) is 16.3. The molecule has 4 bridgehead atoms.